The van der Waals surface area contributed by atoms with Crippen molar-refractivity contribution in [1.82, 2.24) is 9.80 Å². The van der Waals surface area contributed by atoms with Crippen LogP contribution < -0.4 is 0 Å². The molecule has 0 unspecified atom stereocenters. The fourth-order valence-electron chi connectivity index (χ4n) is 2.02. The van der Waals surface area contributed by atoms with Crippen molar-refractivity contribution in [3.8, 4) is 0 Å². The minimum Gasteiger partial charge on any atom is -0.357 e. The van der Waals surface area contributed by atoms with Gasteiger partial charge in [-0.05, 0) is 6.54 Å². The predicted octanol–water partition coefficient (Wildman–Crippen LogP) is 0.509. The molecule has 0 aromatic carbocycles. The number of carbonyl (C=O) groups excluding carboxylic acids is 1. The number of likely N-dealkylation sites (N-methyl/N-ethyl adjacent to an activating group) is 1. The lowest BCUT2D eigenvalue weighted by Gasteiger charge is -2.35. The van der Waals surface area contributed by atoms with Crippen LogP contribution in [0.4, 0.5) is 0 Å². The summed E-state index contributed by atoms with van der Waals surface area (Å²) in [5, 5.41) is 0. The molecule has 82 valence electrons. The van der Waals surface area contributed by atoms with E-state index in [1.54, 1.807) is 6.20 Å². The molecule has 15 heavy (non-hydrogen) atoms. The van der Waals surface area contributed by atoms with Gasteiger partial charge in [0.25, 0.3) is 0 Å². The Kier molecular flexibility index (Phi) is 3.16. The number of piperazine rings is 1. The van der Waals surface area contributed by atoms with Crippen LogP contribution in [0.3, 0.4) is 0 Å². The summed E-state index contributed by atoms with van der Waals surface area (Å²) < 4.78 is 0. The summed E-state index contributed by atoms with van der Waals surface area (Å²) in [6.45, 7) is 7.59. The van der Waals surface area contributed by atoms with E-state index < -0.39 is 0 Å². The van der Waals surface area contributed by atoms with E-state index in [2.05, 4.69) is 21.7 Å². The Morgan fingerprint density at radius 1 is 1.40 bits per heavy atom. The first-order valence-corrected chi connectivity index (χ1v) is 5.51. The quantitative estimate of drug-likeness (QED) is 0.619. The summed E-state index contributed by atoms with van der Waals surface area (Å²) in [5.74, 6) is 1.06. The second kappa shape index (κ2) is 4.57. The lowest BCUT2D eigenvalue weighted by Crippen LogP contribution is -2.48. The topological polar surface area (TPSA) is 35.9 Å². The molecule has 0 bridgehead atoms. The van der Waals surface area contributed by atoms with Crippen LogP contribution in [-0.2, 0) is 4.79 Å². The number of hydrogen-bond acceptors (Lipinski definition) is 4. The molecular weight excluding hydrogens is 190 g/mol. The molecule has 1 fully saturated rings. The van der Waals surface area contributed by atoms with E-state index in [1.165, 1.54) is 0 Å². The van der Waals surface area contributed by atoms with Crippen molar-refractivity contribution in [2.75, 3.05) is 32.7 Å². The Labute approximate surface area is 90.3 Å². The van der Waals surface area contributed by atoms with Crippen LogP contribution >= 0.6 is 0 Å². The Bertz CT molecular complexity index is 301. The molecule has 0 aromatic rings. The molecule has 4 heteroatoms. The van der Waals surface area contributed by atoms with Crippen LogP contribution in [-0.4, -0.2) is 54.6 Å². The van der Waals surface area contributed by atoms with E-state index in [-0.39, 0.29) is 0 Å². The number of rotatable bonds is 2. The van der Waals surface area contributed by atoms with Gasteiger partial charge < -0.3 is 9.80 Å². The number of aliphatic imine (C=N–C) groups is 1. The predicted molar refractivity (Wildman–Crippen MR) is 59.9 cm³/mol. The van der Waals surface area contributed by atoms with Gasteiger partial charge in [-0.2, -0.15) is 0 Å². The highest BCUT2D eigenvalue weighted by Gasteiger charge is 2.21. The lowest BCUT2D eigenvalue weighted by atomic mass is 10.2. The van der Waals surface area contributed by atoms with Crippen molar-refractivity contribution in [2.24, 2.45) is 4.99 Å². The molecule has 0 atom stereocenters. The number of hydrogen-bond donors (Lipinski definition) is 0. The van der Waals surface area contributed by atoms with E-state index >= 15 is 0 Å². The second-order valence-electron chi connectivity index (χ2n) is 3.97. The average Bonchev–Trinajstić information content (AvgIpc) is 2.78. The summed E-state index contributed by atoms with van der Waals surface area (Å²) >= 11 is 0. The standard InChI is InChI=1S/C11H17N3O/c1-2-13-3-5-14(6-4-13)11-7-10(9-15)8-12-11/h8-9H,2-7H2,1H3. The maximum absolute atomic E-state index is 10.6. The van der Waals surface area contributed by atoms with E-state index in [0.29, 0.717) is 0 Å². The summed E-state index contributed by atoms with van der Waals surface area (Å²) in [5.41, 5.74) is 0.794. The number of aldehydes is 1. The largest absolute Gasteiger partial charge is 0.357 e. The van der Waals surface area contributed by atoms with Crippen molar-refractivity contribution in [2.45, 2.75) is 13.3 Å². The number of carbonyl (C=O) groups is 1. The Hall–Kier alpha value is -1.16. The smallest absolute Gasteiger partial charge is 0.148 e. The molecule has 2 aliphatic heterocycles. The fraction of sp³-hybridized carbons (Fsp3) is 0.636. The highest BCUT2D eigenvalue weighted by atomic mass is 16.1. The fourth-order valence-corrected chi connectivity index (χ4v) is 2.02. The molecule has 2 rings (SSSR count). The lowest BCUT2D eigenvalue weighted by molar-refractivity contribution is -0.104. The van der Waals surface area contributed by atoms with Gasteiger partial charge in [-0.15, -0.1) is 0 Å². The van der Waals surface area contributed by atoms with E-state index in [0.717, 1.165) is 56.8 Å². The van der Waals surface area contributed by atoms with Gasteiger partial charge in [0.1, 0.15) is 12.1 Å². The van der Waals surface area contributed by atoms with Gasteiger partial charge in [0, 0.05) is 44.4 Å². The minimum atomic E-state index is 0.718. The normalized spacial score (nSPS) is 22.6. The number of amidine groups is 1. The van der Waals surface area contributed by atoms with Crippen LogP contribution in [0.25, 0.3) is 0 Å². The van der Waals surface area contributed by atoms with Crippen molar-refractivity contribution in [3.05, 3.63) is 11.8 Å². The summed E-state index contributed by atoms with van der Waals surface area (Å²) in [6.07, 6.45) is 3.31. The Balaban J connectivity index is 1.85. The van der Waals surface area contributed by atoms with Gasteiger partial charge in [-0.3, -0.25) is 4.79 Å². The monoisotopic (exact) mass is 207 g/mol. The Morgan fingerprint density at radius 3 is 2.67 bits per heavy atom. The maximum Gasteiger partial charge on any atom is 0.148 e. The van der Waals surface area contributed by atoms with Crippen LogP contribution in [0.15, 0.2) is 16.8 Å². The highest BCUT2D eigenvalue weighted by molar-refractivity contribution is 5.94. The zero-order valence-electron chi connectivity index (χ0n) is 9.15. The molecule has 0 N–H and O–H groups in total. The first-order chi connectivity index (χ1) is 7.33. The van der Waals surface area contributed by atoms with Crippen LogP contribution in [0, 0.1) is 0 Å². The second-order valence-corrected chi connectivity index (χ2v) is 3.97. The summed E-state index contributed by atoms with van der Waals surface area (Å²) in [6, 6.07) is 0. The van der Waals surface area contributed by atoms with Gasteiger partial charge in [0.15, 0.2) is 0 Å². The molecular formula is C11H17N3O. The summed E-state index contributed by atoms with van der Waals surface area (Å²) in [4.78, 5) is 19.6. The zero-order chi connectivity index (χ0) is 10.7. The first-order valence-electron chi connectivity index (χ1n) is 5.51. The first kappa shape index (κ1) is 10.4. The molecule has 0 amide bonds. The molecule has 2 aliphatic rings. The van der Waals surface area contributed by atoms with Crippen LogP contribution in [0.2, 0.25) is 0 Å². The molecule has 0 radical (unpaired) electrons. The van der Waals surface area contributed by atoms with Crippen molar-refractivity contribution >= 4 is 12.1 Å². The summed E-state index contributed by atoms with van der Waals surface area (Å²) in [7, 11) is 0. The van der Waals surface area contributed by atoms with Crippen molar-refractivity contribution in [1.29, 1.82) is 0 Å². The average molecular weight is 207 g/mol. The van der Waals surface area contributed by atoms with E-state index in [4.69, 9.17) is 0 Å². The van der Waals surface area contributed by atoms with E-state index in [9.17, 15) is 4.79 Å². The molecule has 2 heterocycles. The SMILES string of the molecule is CCN1CCN(C2=NC=C(C=O)C2)CC1. The highest BCUT2D eigenvalue weighted by Crippen LogP contribution is 2.14. The van der Waals surface area contributed by atoms with Crippen molar-refractivity contribution < 1.29 is 4.79 Å². The zero-order valence-corrected chi connectivity index (χ0v) is 9.15. The molecule has 0 saturated carbocycles. The van der Waals surface area contributed by atoms with Gasteiger partial charge in [0.05, 0.1) is 0 Å². The van der Waals surface area contributed by atoms with E-state index in [1.807, 2.05) is 0 Å². The van der Waals surface area contributed by atoms with Crippen molar-refractivity contribution in [3.63, 3.8) is 0 Å². The molecule has 0 spiro atoms. The maximum atomic E-state index is 10.6. The van der Waals surface area contributed by atoms with Crippen LogP contribution in [0.5, 0.6) is 0 Å². The van der Waals surface area contributed by atoms with Crippen LogP contribution in [0.1, 0.15) is 13.3 Å². The molecule has 4 nitrogen and oxygen atoms in total. The third-order valence-electron chi connectivity index (χ3n) is 3.08. The minimum absolute atomic E-state index is 0.718. The molecule has 0 aliphatic carbocycles. The van der Waals surface area contributed by atoms with Gasteiger partial charge in [-0.1, -0.05) is 6.92 Å². The molecule has 0 aromatic heterocycles. The third-order valence-corrected chi connectivity index (χ3v) is 3.08. The van der Waals surface area contributed by atoms with Gasteiger partial charge in [-0.25, -0.2) is 4.99 Å². The third kappa shape index (κ3) is 2.26. The Morgan fingerprint density at radius 2 is 2.13 bits per heavy atom. The number of nitrogens with zero attached hydrogens (tertiary/aromatic N) is 3. The van der Waals surface area contributed by atoms with Gasteiger partial charge >= 0.3 is 0 Å². The molecule has 1 saturated heterocycles. The van der Waals surface area contributed by atoms with Gasteiger partial charge in [0.2, 0.25) is 0 Å².